The van der Waals surface area contributed by atoms with Gasteiger partial charge in [0.05, 0.1) is 30.4 Å². The van der Waals surface area contributed by atoms with Crippen LogP contribution in [0.5, 0.6) is 0 Å². The Bertz CT molecular complexity index is 1010. The Morgan fingerprint density at radius 1 is 1.00 bits per heavy atom. The highest BCUT2D eigenvalue weighted by Crippen LogP contribution is 2.62. The molecule has 1 spiro atoms. The van der Waals surface area contributed by atoms with Gasteiger partial charge in [-0.25, -0.2) is 0 Å². The summed E-state index contributed by atoms with van der Waals surface area (Å²) in [7, 11) is 0. The molecule has 0 N–H and O–H groups in total. The van der Waals surface area contributed by atoms with E-state index in [1.807, 2.05) is 49.1 Å². The van der Waals surface area contributed by atoms with Crippen LogP contribution in [0.1, 0.15) is 37.1 Å². The minimum absolute atomic E-state index is 0.0332. The summed E-state index contributed by atoms with van der Waals surface area (Å²) in [6, 6.07) is 13.1. The third kappa shape index (κ3) is 1.99. The first kappa shape index (κ1) is 17.2. The zero-order chi connectivity index (χ0) is 19.9. The number of fused-ring (bicyclic) bond motifs is 2. The number of Topliss-reactive ketones (excluding diaryl/α,β-unsaturated/α-hetero) is 1. The molecule has 4 aliphatic rings. The summed E-state index contributed by atoms with van der Waals surface area (Å²) in [4.78, 5) is 29.1. The van der Waals surface area contributed by atoms with Crippen LogP contribution >= 0.6 is 0 Å². The molecule has 5 nitrogen and oxygen atoms in total. The maximum Gasteiger partial charge on any atom is 0.230 e. The summed E-state index contributed by atoms with van der Waals surface area (Å²) in [5.74, 6) is -0.0484. The van der Waals surface area contributed by atoms with Gasteiger partial charge in [-0.15, -0.1) is 0 Å². The van der Waals surface area contributed by atoms with Gasteiger partial charge in [-0.05, 0) is 17.7 Å². The number of ketones is 1. The molecule has 0 radical (unpaired) electrons. The van der Waals surface area contributed by atoms with Gasteiger partial charge in [-0.2, -0.15) is 0 Å². The van der Waals surface area contributed by atoms with Crippen LogP contribution in [0.25, 0.3) is 0 Å². The van der Waals surface area contributed by atoms with E-state index in [4.69, 9.17) is 9.15 Å². The van der Waals surface area contributed by atoms with Crippen molar-refractivity contribution in [1.29, 1.82) is 0 Å². The van der Waals surface area contributed by atoms with Gasteiger partial charge < -0.3 is 14.1 Å². The number of furan rings is 1. The van der Waals surface area contributed by atoms with E-state index in [1.54, 1.807) is 6.26 Å². The molecule has 0 saturated carbocycles. The van der Waals surface area contributed by atoms with Crippen molar-refractivity contribution in [2.45, 2.75) is 43.6 Å². The fourth-order valence-corrected chi connectivity index (χ4v) is 6.42. The quantitative estimate of drug-likeness (QED) is 0.738. The molecule has 2 bridgehead atoms. The Kier molecular flexibility index (Phi) is 3.38. The molecule has 4 aliphatic heterocycles. The minimum Gasteiger partial charge on any atom is -0.467 e. The molecule has 3 saturated heterocycles. The zero-order valence-electron chi connectivity index (χ0n) is 16.4. The molecule has 29 heavy (non-hydrogen) atoms. The molecule has 148 valence electrons. The third-order valence-corrected chi connectivity index (χ3v) is 7.53. The van der Waals surface area contributed by atoms with E-state index in [-0.39, 0.29) is 47.5 Å². The molecule has 0 aliphatic carbocycles. The van der Waals surface area contributed by atoms with Gasteiger partial charge in [0.25, 0.3) is 0 Å². The van der Waals surface area contributed by atoms with E-state index >= 15 is 0 Å². The molecule has 5 heterocycles. The van der Waals surface area contributed by atoms with E-state index in [0.29, 0.717) is 5.76 Å². The minimum atomic E-state index is -0.748. The maximum absolute atomic E-state index is 14.0. The lowest BCUT2D eigenvalue weighted by molar-refractivity contribution is -0.151. The lowest BCUT2D eigenvalue weighted by atomic mass is 9.68. The van der Waals surface area contributed by atoms with Gasteiger partial charge in [0, 0.05) is 17.8 Å². The Labute approximate surface area is 169 Å². The molecule has 1 aromatic carbocycles. The average molecular weight is 389 g/mol. The van der Waals surface area contributed by atoms with E-state index < -0.39 is 11.6 Å². The van der Waals surface area contributed by atoms with Crippen molar-refractivity contribution in [1.82, 2.24) is 4.90 Å². The summed E-state index contributed by atoms with van der Waals surface area (Å²) >= 11 is 0. The predicted octanol–water partition coefficient (Wildman–Crippen LogP) is 3.49. The van der Waals surface area contributed by atoms with Gasteiger partial charge in [0.2, 0.25) is 5.91 Å². The summed E-state index contributed by atoms with van der Waals surface area (Å²) in [6.45, 7) is 3.85. The molecular weight excluding hydrogens is 366 g/mol. The van der Waals surface area contributed by atoms with Crippen molar-refractivity contribution >= 4 is 11.7 Å². The van der Waals surface area contributed by atoms with Crippen molar-refractivity contribution in [3.8, 4) is 0 Å². The second kappa shape index (κ2) is 5.70. The van der Waals surface area contributed by atoms with Crippen LogP contribution in [0.3, 0.4) is 0 Å². The van der Waals surface area contributed by atoms with Crippen molar-refractivity contribution in [3.05, 3.63) is 72.2 Å². The number of carbonyl (C=O) groups is 2. The first-order valence-electron chi connectivity index (χ1n) is 10.4. The number of carbonyl (C=O) groups excluding carboxylic acids is 2. The molecule has 1 amide bonds. The Morgan fingerprint density at radius 2 is 1.79 bits per heavy atom. The maximum atomic E-state index is 14.0. The van der Waals surface area contributed by atoms with Crippen molar-refractivity contribution in [2.75, 3.05) is 0 Å². The number of ether oxygens (including phenoxy) is 1. The highest BCUT2D eigenvalue weighted by Gasteiger charge is 2.73. The molecule has 2 aromatic rings. The van der Waals surface area contributed by atoms with E-state index in [0.717, 1.165) is 5.56 Å². The number of rotatable bonds is 2. The second-order valence-electron chi connectivity index (χ2n) is 8.84. The summed E-state index contributed by atoms with van der Waals surface area (Å²) < 4.78 is 12.2. The number of piperidine rings is 1. The molecule has 6 rings (SSSR count). The average Bonchev–Trinajstić information content (AvgIpc) is 3.50. The third-order valence-electron chi connectivity index (χ3n) is 7.53. The van der Waals surface area contributed by atoms with Gasteiger partial charge in [0.15, 0.2) is 0 Å². The summed E-state index contributed by atoms with van der Waals surface area (Å²) in [5.41, 5.74) is 0.367. The SMILES string of the molecule is C[C@@H]1C(=O)[C@H](C)[C@@H]2N(C(=O)[C@@H]3[C@@H](c4ccccc4)[C@H]4C=C[C@]32O4)[C@H]1c1ccco1. The second-order valence-corrected chi connectivity index (χ2v) is 8.84. The summed E-state index contributed by atoms with van der Waals surface area (Å²) in [6.07, 6.45) is 5.62. The highest BCUT2D eigenvalue weighted by molar-refractivity contribution is 5.94. The van der Waals surface area contributed by atoms with Crippen LogP contribution in [0.2, 0.25) is 0 Å². The van der Waals surface area contributed by atoms with E-state index in [1.165, 1.54) is 0 Å². The molecule has 8 atom stereocenters. The number of nitrogens with zero attached hydrogens (tertiary/aromatic N) is 1. The lowest BCUT2D eigenvalue weighted by Gasteiger charge is -2.46. The van der Waals surface area contributed by atoms with Gasteiger partial charge >= 0.3 is 0 Å². The van der Waals surface area contributed by atoms with E-state index in [9.17, 15) is 9.59 Å². The topological polar surface area (TPSA) is 59.8 Å². The van der Waals surface area contributed by atoms with Crippen molar-refractivity contribution in [3.63, 3.8) is 0 Å². The molecule has 3 fully saturated rings. The first-order valence-corrected chi connectivity index (χ1v) is 10.4. The van der Waals surface area contributed by atoms with Gasteiger partial charge in [-0.3, -0.25) is 9.59 Å². The number of hydrogen-bond acceptors (Lipinski definition) is 4. The Balaban J connectivity index is 1.52. The predicted molar refractivity (Wildman–Crippen MR) is 105 cm³/mol. The van der Waals surface area contributed by atoms with Crippen LogP contribution in [0.15, 0.2) is 65.3 Å². The first-order chi connectivity index (χ1) is 14.0. The largest absolute Gasteiger partial charge is 0.467 e. The van der Waals surface area contributed by atoms with Crippen LogP contribution in [-0.4, -0.2) is 34.3 Å². The normalized spacial score (nSPS) is 42.4. The lowest BCUT2D eigenvalue weighted by Crippen LogP contribution is -2.58. The fourth-order valence-electron chi connectivity index (χ4n) is 6.42. The Morgan fingerprint density at radius 3 is 2.52 bits per heavy atom. The smallest absolute Gasteiger partial charge is 0.230 e. The number of benzene rings is 1. The Hall–Kier alpha value is -2.66. The van der Waals surface area contributed by atoms with E-state index in [2.05, 4.69) is 24.3 Å². The van der Waals surface area contributed by atoms with Crippen molar-refractivity contribution in [2.24, 2.45) is 17.8 Å². The standard InChI is InChI=1S/C24H23NO4/c1-13-20(17-9-6-12-28-17)25-22(14(2)21(13)26)24-11-10-16(29-24)18(19(24)23(25)27)15-7-4-3-5-8-15/h3-14,16,18-20,22H,1-2H3/t13-,14-,16+,18-,19-,20+,22-,24-/m0/s1. The molecule has 1 aromatic heterocycles. The number of amides is 1. The highest BCUT2D eigenvalue weighted by atomic mass is 16.5. The monoisotopic (exact) mass is 389 g/mol. The van der Waals surface area contributed by atoms with Crippen LogP contribution in [0, 0.1) is 17.8 Å². The van der Waals surface area contributed by atoms with Gasteiger partial charge in [0.1, 0.15) is 17.1 Å². The summed E-state index contributed by atoms with van der Waals surface area (Å²) in [5, 5.41) is 0. The molecule has 0 unspecified atom stereocenters. The fraction of sp³-hybridized carbons (Fsp3) is 0.417. The molecule has 5 heteroatoms. The number of hydrogen-bond donors (Lipinski definition) is 0. The zero-order valence-corrected chi connectivity index (χ0v) is 16.4. The van der Waals surface area contributed by atoms with Crippen LogP contribution in [-0.2, 0) is 14.3 Å². The molecular formula is C24H23NO4. The van der Waals surface area contributed by atoms with Crippen LogP contribution < -0.4 is 0 Å². The van der Waals surface area contributed by atoms with Crippen molar-refractivity contribution < 1.29 is 18.7 Å². The van der Waals surface area contributed by atoms with Gasteiger partial charge in [-0.1, -0.05) is 56.3 Å². The van der Waals surface area contributed by atoms with Crippen LogP contribution in [0.4, 0.5) is 0 Å².